The first-order valence-corrected chi connectivity index (χ1v) is 11.9. The van der Waals surface area contributed by atoms with E-state index in [0.717, 1.165) is 31.4 Å². The first-order valence-electron chi connectivity index (χ1n) is 11.1. The number of hydrogen-bond donors (Lipinski definition) is 3. The third-order valence-electron chi connectivity index (χ3n) is 5.72. The first-order chi connectivity index (χ1) is 16.4. The van der Waals surface area contributed by atoms with Gasteiger partial charge in [0.1, 0.15) is 5.69 Å². The largest absolute Gasteiger partial charge is 0.371 e. The number of nitro groups is 1. The van der Waals surface area contributed by atoms with Gasteiger partial charge in [0.05, 0.1) is 21.5 Å². The second kappa shape index (κ2) is 10.4. The van der Waals surface area contributed by atoms with Gasteiger partial charge in [-0.25, -0.2) is 0 Å². The maximum atomic E-state index is 12.6. The van der Waals surface area contributed by atoms with Gasteiger partial charge in [0.2, 0.25) is 0 Å². The van der Waals surface area contributed by atoms with Crippen LogP contribution in [0.25, 0.3) is 0 Å². The van der Waals surface area contributed by atoms with Crippen LogP contribution in [0, 0.1) is 10.1 Å². The molecule has 1 aliphatic carbocycles. The molecule has 0 aliphatic heterocycles. The van der Waals surface area contributed by atoms with Crippen molar-refractivity contribution in [2.24, 2.45) is 0 Å². The Labute approximate surface area is 200 Å². The quantitative estimate of drug-likeness (QED) is 0.270. The highest BCUT2D eigenvalue weighted by molar-refractivity contribution is 7.14. The number of carbonyl (C=O) groups excluding carboxylic acids is 2. The molecule has 176 valence electrons. The molecule has 2 heterocycles. The number of amides is 2. The van der Waals surface area contributed by atoms with E-state index in [9.17, 15) is 19.7 Å². The molecule has 0 radical (unpaired) electrons. The van der Waals surface area contributed by atoms with Crippen molar-refractivity contribution in [1.29, 1.82) is 0 Å². The Kier molecular flexibility index (Phi) is 7.17. The predicted molar refractivity (Wildman–Crippen MR) is 130 cm³/mol. The van der Waals surface area contributed by atoms with E-state index in [4.69, 9.17) is 0 Å². The van der Waals surface area contributed by atoms with Crippen molar-refractivity contribution < 1.29 is 14.5 Å². The highest BCUT2D eigenvalue weighted by atomic mass is 32.1. The van der Waals surface area contributed by atoms with Crippen molar-refractivity contribution in [2.45, 2.75) is 45.1 Å². The van der Waals surface area contributed by atoms with Gasteiger partial charge in [-0.3, -0.25) is 35.5 Å². The van der Waals surface area contributed by atoms with Crippen molar-refractivity contribution in [3.63, 3.8) is 0 Å². The van der Waals surface area contributed by atoms with Crippen molar-refractivity contribution in [1.82, 2.24) is 15.8 Å². The summed E-state index contributed by atoms with van der Waals surface area (Å²) in [5.41, 5.74) is 6.79. The zero-order chi connectivity index (χ0) is 24.1. The summed E-state index contributed by atoms with van der Waals surface area (Å²) < 4.78 is 0. The zero-order valence-corrected chi connectivity index (χ0v) is 19.5. The Balaban J connectivity index is 1.42. The van der Waals surface area contributed by atoms with Gasteiger partial charge in [-0.05, 0) is 68.5 Å². The minimum absolute atomic E-state index is 0.0602. The fourth-order valence-electron chi connectivity index (χ4n) is 3.91. The molecule has 3 N–H and O–H groups in total. The lowest BCUT2D eigenvalue weighted by molar-refractivity contribution is -0.384. The summed E-state index contributed by atoms with van der Waals surface area (Å²) in [7, 11) is 0. The zero-order valence-electron chi connectivity index (χ0n) is 18.7. The van der Waals surface area contributed by atoms with Crippen molar-refractivity contribution >= 4 is 34.5 Å². The van der Waals surface area contributed by atoms with Crippen LogP contribution in [0.15, 0.2) is 48.7 Å². The van der Waals surface area contributed by atoms with Gasteiger partial charge in [0, 0.05) is 22.7 Å². The number of anilines is 1. The molecule has 0 fully saturated rings. The number of nitrogens with zero attached hydrogens (tertiary/aromatic N) is 2. The van der Waals surface area contributed by atoms with Crippen LogP contribution < -0.4 is 16.2 Å². The van der Waals surface area contributed by atoms with Crippen molar-refractivity contribution in [2.75, 3.05) is 5.32 Å². The fourth-order valence-corrected chi connectivity index (χ4v) is 5.06. The molecule has 1 aliphatic rings. The molecule has 1 unspecified atom stereocenters. The molecule has 3 aromatic rings. The van der Waals surface area contributed by atoms with E-state index in [-0.39, 0.29) is 23.0 Å². The van der Waals surface area contributed by atoms with Crippen LogP contribution >= 0.6 is 11.3 Å². The summed E-state index contributed by atoms with van der Waals surface area (Å²) in [6.45, 7) is 1.84. The number of aryl methyl sites for hydroxylation is 2. The molecule has 0 bridgehead atoms. The lowest BCUT2D eigenvalue weighted by atomic mass is 10.1. The normalized spacial score (nSPS) is 13.8. The lowest BCUT2D eigenvalue weighted by Gasteiger charge is -2.15. The van der Waals surface area contributed by atoms with Gasteiger partial charge < -0.3 is 5.32 Å². The number of fused-ring (bicyclic) bond motifs is 1. The van der Waals surface area contributed by atoms with Gasteiger partial charge in [-0.1, -0.05) is 12.5 Å². The maximum Gasteiger partial charge on any atom is 0.293 e. The highest BCUT2D eigenvalue weighted by Crippen LogP contribution is 2.30. The van der Waals surface area contributed by atoms with Crippen LogP contribution in [0.4, 0.5) is 11.4 Å². The lowest BCUT2D eigenvalue weighted by Crippen LogP contribution is -2.41. The standard InChI is InChI=1S/C24H25N5O4S/c1-15(18-8-5-6-12-25-18)26-19-11-10-17(13-20(19)29(32)33)23(30)27-28-24(31)22-14-16-7-3-2-4-9-21(16)34-22/h5-6,8,10-15,26H,2-4,7,9H2,1H3,(H,27,30)(H,28,31). The van der Waals surface area contributed by atoms with Gasteiger partial charge in [-0.15, -0.1) is 11.3 Å². The van der Waals surface area contributed by atoms with E-state index >= 15 is 0 Å². The molecule has 0 spiro atoms. The van der Waals surface area contributed by atoms with Gasteiger partial charge in [0.25, 0.3) is 17.5 Å². The highest BCUT2D eigenvalue weighted by Gasteiger charge is 2.21. The Bertz CT molecular complexity index is 1190. The number of rotatable bonds is 6. The Hall–Kier alpha value is -3.79. The maximum absolute atomic E-state index is 12.6. The number of hydrogen-bond acceptors (Lipinski definition) is 7. The molecule has 9 nitrogen and oxygen atoms in total. The number of nitrogens with one attached hydrogen (secondary N) is 3. The van der Waals surface area contributed by atoms with Gasteiger partial charge in [0.15, 0.2) is 0 Å². The number of aromatic nitrogens is 1. The van der Waals surface area contributed by atoms with E-state index in [2.05, 4.69) is 21.2 Å². The van der Waals surface area contributed by atoms with E-state index in [1.54, 1.807) is 12.3 Å². The average molecular weight is 480 g/mol. The molecular weight excluding hydrogens is 454 g/mol. The Morgan fingerprint density at radius 2 is 1.85 bits per heavy atom. The van der Waals surface area contributed by atoms with E-state index < -0.39 is 16.7 Å². The van der Waals surface area contributed by atoms with Crippen LogP contribution in [-0.2, 0) is 12.8 Å². The summed E-state index contributed by atoms with van der Waals surface area (Å²) >= 11 is 1.45. The van der Waals surface area contributed by atoms with E-state index in [0.29, 0.717) is 4.88 Å². The summed E-state index contributed by atoms with van der Waals surface area (Å²) in [5, 5.41) is 14.7. The minimum atomic E-state index is -0.640. The Morgan fingerprint density at radius 1 is 1.06 bits per heavy atom. The van der Waals surface area contributed by atoms with Crippen LogP contribution in [0.3, 0.4) is 0 Å². The number of carbonyl (C=O) groups is 2. The molecule has 0 saturated carbocycles. The van der Waals surface area contributed by atoms with Crippen LogP contribution in [0.2, 0.25) is 0 Å². The van der Waals surface area contributed by atoms with Gasteiger partial charge >= 0.3 is 0 Å². The third kappa shape index (κ3) is 5.40. The number of nitro benzene ring substituents is 1. The number of benzene rings is 1. The molecule has 4 rings (SSSR count). The smallest absolute Gasteiger partial charge is 0.293 e. The minimum Gasteiger partial charge on any atom is -0.371 e. The van der Waals surface area contributed by atoms with E-state index in [1.807, 2.05) is 25.1 Å². The van der Waals surface area contributed by atoms with Crippen molar-refractivity contribution in [3.05, 3.63) is 85.4 Å². The van der Waals surface area contributed by atoms with Gasteiger partial charge in [-0.2, -0.15) is 0 Å². The third-order valence-corrected chi connectivity index (χ3v) is 6.96. The van der Waals surface area contributed by atoms with Crippen LogP contribution in [-0.4, -0.2) is 21.7 Å². The first kappa shape index (κ1) is 23.4. The molecule has 10 heteroatoms. The Morgan fingerprint density at radius 3 is 2.62 bits per heavy atom. The number of pyridine rings is 1. The molecule has 1 aromatic carbocycles. The molecule has 0 saturated heterocycles. The van der Waals surface area contributed by atoms with Crippen molar-refractivity contribution in [3.8, 4) is 0 Å². The molecule has 34 heavy (non-hydrogen) atoms. The van der Waals surface area contributed by atoms with Crippen LogP contribution in [0.1, 0.15) is 68.4 Å². The monoisotopic (exact) mass is 479 g/mol. The number of hydrazine groups is 1. The second-order valence-corrected chi connectivity index (χ2v) is 9.27. The van der Waals surface area contributed by atoms with E-state index in [1.165, 1.54) is 46.4 Å². The fraction of sp³-hybridized carbons (Fsp3) is 0.292. The molecular formula is C24H25N5O4S. The molecule has 2 aromatic heterocycles. The topological polar surface area (TPSA) is 126 Å². The number of thiophene rings is 1. The molecule has 1 atom stereocenters. The van der Waals surface area contributed by atoms with Crippen LogP contribution in [0.5, 0.6) is 0 Å². The summed E-state index contributed by atoms with van der Waals surface area (Å²) in [6.07, 6.45) is 7.02. The summed E-state index contributed by atoms with van der Waals surface area (Å²) in [6, 6.07) is 11.2. The summed E-state index contributed by atoms with van der Waals surface area (Å²) in [5.74, 6) is -1.04. The average Bonchev–Trinajstić information content (AvgIpc) is 3.13. The molecule has 2 amide bonds. The summed E-state index contributed by atoms with van der Waals surface area (Å²) in [4.78, 5) is 42.2. The second-order valence-electron chi connectivity index (χ2n) is 8.14. The SMILES string of the molecule is CC(Nc1ccc(C(=O)NNC(=O)c2cc3c(s2)CCCCC3)cc1[N+](=O)[O-])c1ccccn1. The predicted octanol–water partition coefficient (Wildman–Crippen LogP) is 4.57.